The summed E-state index contributed by atoms with van der Waals surface area (Å²) in [5.41, 5.74) is 0.982. The summed E-state index contributed by atoms with van der Waals surface area (Å²) < 4.78 is 14.1. The number of hydrogen-bond acceptors (Lipinski definition) is 8. The van der Waals surface area contributed by atoms with Crippen molar-refractivity contribution in [3.63, 3.8) is 0 Å². The van der Waals surface area contributed by atoms with Gasteiger partial charge >= 0.3 is 0 Å². The molecule has 3 atom stereocenters. The Bertz CT molecular complexity index is 1230. The lowest BCUT2D eigenvalue weighted by atomic mass is 10.1. The third-order valence-corrected chi connectivity index (χ3v) is 6.09. The topological polar surface area (TPSA) is 124 Å². The first-order valence-electron chi connectivity index (χ1n) is 11.0. The summed E-state index contributed by atoms with van der Waals surface area (Å²) in [6.45, 7) is 1.25. The molecule has 3 aromatic heterocycles. The van der Waals surface area contributed by atoms with Crippen LogP contribution < -0.4 is 21.5 Å². The van der Waals surface area contributed by atoms with Crippen LogP contribution in [0.2, 0.25) is 0 Å². The Morgan fingerprint density at radius 1 is 1.36 bits per heavy atom. The molecule has 1 aliphatic heterocycles. The minimum atomic E-state index is -0.263. The number of carbonyl (C=O) groups is 1. The summed E-state index contributed by atoms with van der Waals surface area (Å²) in [5.74, 6) is 0.789. The quantitative estimate of drug-likeness (QED) is 0.492. The largest absolute Gasteiger partial charge is 0.379 e. The highest BCUT2D eigenvalue weighted by molar-refractivity contribution is 6.00. The van der Waals surface area contributed by atoms with Gasteiger partial charge in [0.15, 0.2) is 5.65 Å². The molecular formula is C22H27N7O4. The molecule has 1 aliphatic carbocycles. The van der Waals surface area contributed by atoms with Gasteiger partial charge in [-0.1, -0.05) is 0 Å². The highest BCUT2D eigenvalue weighted by Gasteiger charge is 2.39. The Balaban J connectivity index is 1.45. The molecule has 1 amide bonds. The zero-order valence-electron chi connectivity index (χ0n) is 18.6. The lowest BCUT2D eigenvalue weighted by Gasteiger charge is -2.24. The van der Waals surface area contributed by atoms with E-state index in [1.54, 1.807) is 41.6 Å². The van der Waals surface area contributed by atoms with Crippen LogP contribution in [0.1, 0.15) is 35.7 Å². The lowest BCUT2D eigenvalue weighted by molar-refractivity contribution is 0.0581. The van der Waals surface area contributed by atoms with E-state index in [9.17, 15) is 9.59 Å². The van der Waals surface area contributed by atoms with E-state index in [1.807, 2.05) is 6.07 Å². The first kappa shape index (κ1) is 21.4. The lowest BCUT2D eigenvalue weighted by Crippen LogP contribution is -2.31. The number of amides is 1. The van der Waals surface area contributed by atoms with E-state index in [4.69, 9.17) is 9.47 Å². The van der Waals surface area contributed by atoms with Gasteiger partial charge in [0.2, 0.25) is 0 Å². The van der Waals surface area contributed by atoms with Crippen LogP contribution in [-0.2, 0) is 9.47 Å². The van der Waals surface area contributed by atoms with Crippen molar-refractivity contribution in [3.05, 3.63) is 46.5 Å². The second-order valence-electron chi connectivity index (χ2n) is 8.29. The van der Waals surface area contributed by atoms with Crippen molar-refractivity contribution in [2.75, 3.05) is 38.0 Å². The molecule has 2 aliphatic rings. The average Bonchev–Trinajstić information content (AvgIpc) is 3.45. The highest BCUT2D eigenvalue weighted by atomic mass is 16.5. The number of nitrogens with one attached hydrogen (secondary N) is 3. The Morgan fingerprint density at radius 2 is 2.24 bits per heavy atom. The molecule has 33 heavy (non-hydrogen) atoms. The van der Waals surface area contributed by atoms with E-state index in [-0.39, 0.29) is 29.7 Å². The van der Waals surface area contributed by atoms with Crippen molar-refractivity contribution < 1.29 is 14.3 Å². The van der Waals surface area contributed by atoms with Crippen LogP contribution in [0.25, 0.3) is 5.65 Å². The zero-order chi connectivity index (χ0) is 22.9. The molecule has 3 N–H and O–H groups in total. The van der Waals surface area contributed by atoms with Crippen LogP contribution >= 0.6 is 0 Å². The Kier molecular flexibility index (Phi) is 5.73. The number of nitrogens with zero attached hydrogens (tertiary/aromatic N) is 4. The molecule has 0 bridgehead atoms. The van der Waals surface area contributed by atoms with Gasteiger partial charge in [-0.15, -0.1) is 0 Å². The van der Waals surface area contributed by atoms with Gasteiger partial charge in [0.25, 0.3) is 11.5 Å². The number of ether oxygens (including phenoxy) is 2. The first-order chi connectivity index (χ1) is 16.1. The Hall–Kier alpha value is -3.44. The second kappa shape index (κ2) is 8.83. The summed E-state index contributed by atoms with van der Waals surface area (Å²) in [6, 6.07) is 5.29. The van der Waals surface area contributed by atoms with E-state index in [0.717, 1.165) is 25.9 Å². The predicted octanol–water partition coefficient (Wildman–Crippen LogP) is 1.54. The van der Waals surface area contributed by atoms with Crippen molar-refractivity contribution in [1.29, 1.82) is 0 Å². The molecule has 0 spiro atoms. The number of carbonyl (C=O) groups excluding carboxylic acids is 1. The van der Waals surface area contributed by atoms with Gasteiger partial charge in [-0.3, -0.25) is 9.59 Å². The molecule has 2 fully saturated rings. The molecule has 0 aromatic carbocycles. The highest BCUT2D eigenvalue weighted by Crippen LogP contribution is 2.26. The summed E-state index contributed by atoms with van der Waals surface area (Å²) in [5, 5.41) is 13.4. The van der Waals surface area contributed by atoms with Crippen LogP contribution in [0.5, 0.6) is 0 Å². The minimum Gasteiger partial charge on any atom is -0.379 e. The fourth-order valence-electron chi connectivity index (χ4n) is 4.17. The van der Waals surface area contributed by atoms with Gasteiger partial charge in [0.05, 0.1) is 31.0 Å². The van der Waals surface area contributed by atoms with Crippen LogP contribution in [0.3, 0.4) is 0 Å². The molecule has 0 radical (unpaired) electrons. The molecule has 3 aromatic rings. The molecule has 1 saturated heterocycles. The number of methoxy groups -OCH3 is 1. The standard InChI is InChI=1S/C22H27N7O4/c1-23-19-10-18(25-15-6-3-7-28(22(15)31)13-5-4-8-33-12-13)27-20-14(11-24-29(19)20)21(30)26-16-9-17(16)32-2/h3,6-7,10-11,13,16-17,23H,4-5,8-9,12H2,1-2H3,(H,25,27)(H,26,30)/t13-,16?,17?/m0/s1. The fourth-order valence-corrected chi connectivity index (χ4v) is 4.17. The van der Waals surface area contributed by atoms with Crippen molar-refractivity contribution in [3.8, 4) is 0 Å². The molecule has 5 rings (SSSR count). The number of rotatable bonds is 7. The number of anilines is 3. The maximum Gasteiger partial charge on any atom is 0.274 e. The maximum absolute atomic E-state index is 13.1. The van der Waals surface area contributed by atoms with Crippen molar-refractivity contribution in [1.82, 2.24) is 24.5 Å². The minimum absolute atomic E-state index is 0.00548. The molecule has 174 valence electrons. The van der Waals surface area contributed by atoms with E-state index in [0.29, 0.717) is 35.1 Å². The van der Waals surface area contributed by atoms with Crippen LogP contribution in [0, 0.1) is 0 Å². The number of hydrogen-bond donors (Lipinski definition) is 3. The fraction of sp³-hybridized carbons (Fsp3) is 0.455. The maximum atomic E-state index is 13.1. The number of pyridine rings is 1. The predicted molar refractivity (Wildman–Crippen MR) is 122 cm³/mol. The summed E-state index contributed by atoms with van der Waals surface area (Å²) >= 11 is 0. The van der Waals surface area contributed by atoms with Gasteiger partial charge in [-0.2, -0.15) is 9.61 Å². The van der Waals surface area contributed by atoms with Crippen LogP contribution in [-0.4, -0.2) is 64.6 Å². The SMILES string of the molecule is CNc1cc(Nc2cccn([C@H]3CCCOC3)c2=O)nc2c(C(=O)NC3CC3OC)cnn12. The summed E-state index contributed by atoms with van der Waals surface area (Å²) in [6.07, 6.45) is 5.94. The Morgan fingerprint density at radius 3 is 2.97 bits per heavy atom. The van der Waals surface area contributed by atoms with Gasteiger partial charge < -0.3 is 30.0 Å². The molecule has 2 unspecified atom stereocenters. The summed E-state index contributed by atoms with van der Waals surface area (Å²) in [7, 11) is 3.38. The van der Waals surface area contributed by atoms with Crippen molar-refractivity contribution >= 4 is 28.9 Å². The van der Waals surface area contributed by atoms with Gasteiger partial charge in [0.1, 0.15) is 22.9 Å². The third kappa shape index (κ3) is 4.16. The monoisotopic (exact) mass is 453 g/mol. The van der Waals surface area contributed by atoms with Gasteiger partial charge in [-0.25, -0.2) is 4.98 Å². The van der Waals surface area contributed by atoms with E-state index < -0.39 is 0 Å². The zero-order valence-corrected chi connectivity index (χ0v) is 18.6. The smallest absolute Gasteiger partial charge is 0.274 e. The van der Waals surface area contributed by atoms with Crippen molar-refractivity contribution in [2.45, 2.75) is 37.5 Å². The normalized spacial score (nSPS) is 22.2. The average molecular weight is 454 g/mol. The first-order valence-corrected chi connectivity index (χ1v) is 11.0. The molecule has 11 nitrogen and oxygen atoms in total. The van der Waals surface area contributed by atoms with Gasteiger partial charge in [-0.05, 0) is 31.4 Å². The molecule has 11 heteroatoms. The number of fused-ring (bicyclic) bond motifs is 1. The molecular weight excluding hydrogens is 426 g/mol. The van der Waals surface area contributed by atoms with E-state index in [2.05, 4.69) is 26.0 Å². The molecule has 4 heterocycles. The van der Waals surface area contributed by atoms with Crippen molar-refractivity contribution in [2.24, 2.45) is 0 Å². The van der Waals surface area contributed by atoms with Crippen LogP contribution in [0.15, 0.2) is 35.4 Å². The second-order valence-corrected chi connectivity index (χ2v) is 8.29. The summed E-state index contributed by atoms with van der Waals surface area (Å²) in [4.78, 5) is 30.5. The molecule has 1 saturated carbocycles. The van der Waals surface area contributed by atoms with Gasteiger partial charge in [0, 0.05) is 33.0 Å². The Labute approximate surface area is 190 Å². The van der Waals surface area contributed by atoms with E-state index in [1.165, 1.54) is 6.20 Å². The number of aromatic nitrogens is 4. The third-order valence-electron chi connectivity index (χ3n) is 6.09. The van der Waals surface area contributed by atoms with Crippen LogP contribution in [0.4, 0.5) is 17.3 Å². The van der Waals surface area contributed by atoms with E-state index >= 15 is 0 Å².